The van der Waals surface area contributed by atoms with Gasteiger partial charge in [0.1, 0.15) is 0 Å². The van der Waals surface area contributed by atoms with E-state index in [4.69, 9.17) is 17.5 Å². The van der Waals surface area contributed by atoms with Crippen molar-refractivity contribution in [2.75, 3.05) is 12.3 Å². The summed E-state index contributed by atoms with van der Waals surface area (Å²) >= 11 is 5.51. The van der Waals surface area contributed by atoms with Crippen molar-refractivity contribution in [1.29, 1.82) is 0 Å². The van der Waals surface area contributed by atoms with Crippen molar-refractivity contribution in [2.24, 2.45) is 0 Å². The highest BCUT2D eigenvalue weighted by molar-refractivity contribution is 6.14. The normalized spacial score (nSPS) is 21.2. The van der Waals surface area contributed by atoms with Crippen LogP contribution in [-0.2, 0) is 0 Å². The molecular formula is C14H17ClN2O. The summed E-state index contributed by atoms with van der Waals surface area (Å²) < 4.78 is 0. The monoisotopic (exact) mass is 264 g/mol. The molecule has 0 spiro atoms. The minimum atomic E-state index is 0.143. The smallest absolute Gasteiger partial charge is 0.0503 e. The molecule has 1 aromatic rings. The van der Waals surface area contributed by atoms with E-state index in [1.54, 1.807) is 0 Å². The van der Waals surface area contributed by atoms with Crippen LogP contribution in [0.15, 0.2) is 36.0 Å². The van der Waals surface area contributed by atoms with Crippen LogP contribution < -0.4 is 10.6 Å². The van der Waals surface area contributed by atoms with Crippen LogP contribution in [-0.4, -0.2) is 11.7 Å². The molecule has 1 aromatic carbocycles. The van der Waals surface area contributed by atoms with E-state index < -0.39 is 0 Å². The Hall–Kier alpha value is -1.45. The first kappa shape index (κ1) is 13.0. The lowest BCUT2D eigenvalue weighted by Crippen LogP contribution is -1.99. The molecular weight excluding hydrogens is 248 g/mol. The number of nitrogen functional groups attached to an aromatic ring is 1. The van der Waals surface area contributed by atoms with E-state index >= 15 is 0 Å². The standard InChI is InChI=1S/C14H17ClN2O/c1-9(17-15)2-3-10-6-11(8-18)14-7-12(16)4-5-13(10)14/h2-5,7,11,17-18H,6,8,16H2,1H3/b9-2+,10-3+. The van der Waals surface area contributed by atoms with Gasteiger partial charge in [-0.15, -0.1) is 0 Å². The van der Waals surface area contributed by atoms with Gasteiger partial charge in [-0.05, 0) is 48.3 Å². The fourth-order valence-electron chi connectivity index (χ4n) is 2.27. The third kappa shape index (κ3) is 2.52. The molecule has 0 fully saturated rings. The van der Waals surface area contributed by atoms with Crippen molar-refractivity contribution in [1.82, 2.24) is 4.84 Å². The van der Waals surface area contributed by atoms with Gasteiger partial charge in [-0.2, -0.15) is 0 Å². The summed E-state index contributed by atoms with van der Waals surface area (Å²) in [4.78, 5) is 2.57. The van der Waals surface area contributed by atoms with E-state index in [0.717, 1.165) is 23.4 Å². The number of fused-ring (bicyclic) bond motifs is 1. The number of rotatable bonds is 3. The summed E-state index contributed by atoms with van der Waals surface area (Å²) in [5.41, 5.74) is 10.9. The number of nitrogens with one attached hydrogen (secondary N) is 1. The lowest BCUT2D eigenvalue weighted by Gasteiger charge is -2.06. The zero-order valence-corrected chi connectivity index (χ0v) is 11.0. The minimum Gasteiger partial charge on any atom is -0.399 e. The van der Waals surface area contributed by atoms with Gasteiger partial charge in [-0.25, -0.2) is 0 Å². The maximum Gasteiger partial charge on any atom is 0.0503 e. The van der Waals surface area contributed by atoms with E-state index in [0.29, 0.717) is 0 Å². The molecule has 2 rings (SSSR count). The maximum absolute atomic E-state index is 9.43. The van der Waals surface area contributed by atoms with Crippen molar-refractivity contribution in [3.8, 4) is 0 Å². The van der Waals surface area contributed by atoms with E-state index in [9.17, 15) is 5.11 Å². The Balaban J connectivity index is 2.39. The molecule has 1 atom stereocenters. The number of hydrogen-bond acceptors (Lipinski definition) is 3. The molecule has 0 bridgehead atoms. The topological polar surface area (TPSA) is 58.3 Å². The Morgan fingerprint density at radius 2 is 2.39 bits per heavy atom. The highest BCUT2D eigenvalue weighted by Crippen LogP contribution is 2.41. The largest absolute Gasteiger partial charge is 0.399 e. The van der Waals surface area contributed by atoms with Crippen LogP contribution in [0, 0.1) is 0 Å². The van der Waals surface area contributed by atoms with E-state index in [1.807, 2.05) is 37.3 Å². The molecule has 0 heterocycles. The lowest BCUT2D eigenvalue weighted by atomic mass is 10.0. The molecule has 0 amide bonds. The molecule has 0 radical (unpaired) electrons. The number of benzene rings is 1. The highest BCUT2D eigenvalue weighted by atomic mass is 35.5. The predicted octanol–water partition coefficient (Wildman–Crippen LogP) is 2.78. The van der Waals surface area contributed by atoms with Gasteiger partial charge < -0.3 is 15.7 Å². The third-order valence-electron chi connectivity index (χ3n) is 3.23. The number of hydrogen-bond donors (Lipinski definition) is 3. The molecule has 1 unspecified atom stereocenters. The Kier molecular flexibility index (Phi) is 3.94. The predicted molar refractivity (Wildman–Crippen MR) is 76.0 cm³/mol. The van der Waals surface area contributed by atoms with E-state index in [-0.39, 0.29) is 12.5 Å². The van der Waals surface area contributed by atoms with Crippen LogP contribution in [0.25, 0.3) is 5.57 Å². The van der Waals surface area contributed by atoms with Gasteiger partial charge in [0.15, 0.2) is 0 Å². The number of allylic oxidation sites excluding steroid dienone is 4. The minimum absolute atomic E-state index is 0.143. The zero-order chi connectivity index (χ0) is 13.1. The van der Waals surface area contributed by atoms with Crippen molar-refractivity contribution in [3.63, 3.8) is 0 Å². The van der Waals surface area contributed by atoms with Gasteiger partial charge in [0.2, 0.25) is 0 Å². The molecule has 4 heteroatoms. The Morgan fingerprint density at radius 3 is 3.06 bits per heavy atom. The van der Waals surface area contributed by atoms with Gasteiger partial charge in [0.05, 0.1) is 6.61 Å². The number of halogens is 1. The van der Waals surface area contributed by atoms with Gasteiger partial charge in [0, 0.05) is 29.1 Å². The molecule has 0 aromatic heterocycles. The maximum atomic E-state index is 9.43. The molecule has 18 heavy (non-hydrogen) atoms. The van der Waals surface area contributed by atoms with Gasteiger partial charge in [0.25, 0.3) is 0 Å². The molecule has 4 N–H and O–H groups in total. The molecule has 0 saturated heterocycles. The van der Waals surface area contributed by atoms with E-state index in [1.165, 1.54) is 11.1 Å². The van der Waals surface area contributed by atoms with Crippen LogP contribution in [0.3, 0.4) is 0 Å². The van der Waals surface area contributed by atoms with Crippen molar-refractivity contribution in [3.05, 3.63) is 47.2 Å². The second kappa shape index (κ2) is 5.46. The first-order valence-electron chi connectivity index (χ1n) is 5.90. The SMILES string of the molecule is C/C(=C\C=C1/CC(CO)c2cc(N)ccc21)NCl. The Morgan fingerprint density at radius 1 is 1.61 bits per heavy atom. The second-order valence-corrected chi connectivity index (χ2v) is 4.76. The van der Waals surface area contributed by atoms with Crippen LogP contribution in [0.4, 0.5) is 5.69 Å². The fraction of sp³-hybridized carbons (Fsp3) is 0.286. The number of aliphatic hydroxyl groups excluding tert-OH is 1. The lowest BCUT2D eigenvalue weighted by molar-refractivity contribution is 0.269. The molecule has 0 saturated carbocycles. The van der Waals surface area contributed by atoms with Crippen molar-refractivity contribution < 1.29 is 5.11 Å². The Bertz CT molecular complexity index is 509. The first-order chi connectivity index (χ1) is 8.65. The van der Waals surface area contributed by atoms with Crippen LogP contribution in [0.2, 0.25) is 0 Å². The van der Waals surface area contributed by atoms with Crippen LogP contribution in [0.5, 0.6) is 0 Å². The van der Waals surface area contributed by atoms with Gasteiger partial charge in [-0.1, -0.05) is 12.1 Å². The quantitative estimate of drug-likeness (QED) is 0.581. The average molecular weight is 265 g/mol. The van der Waals surface area contributed by atoms with Crippen LogP contribution in [0.1, 0.15) is 30.4 Å². The Labute approximate surface area is 112 Å². The molecule has 1 aliphatic carbocycles. The first-order valence-corrected chi connectivity index (χ1v) is 6.28. The summed E-state index contributed by atoms with van der Waals surface area (Å²) in [7, 11) is 0. The summed E-state index contributed by atoms with van der Waals surface area (Å²) in [5.74, 6) is 0.146. The van der Waals surface area contributed by atoms with Gasteiger partial charge >= 0.3 is 0 Å². The summed E-state index contributed by atoms with van der Waals surface area (Å²) in [6, 6.07) is 5.86. The van der Waals surface area contributed by atoms with Crippen molar-refractivity contribution >= 4 is 23.0 Å². The summed E-state index contributed by atoms with van der Waals surface area (Å²) in [6.45, 7) is 2.04. The second-order valence-electron chi connectivity index (χ2n) is 4.57. The summed E-state index contributed by atoms with van der Waals surface area (Å²) in [5, 5.41) is 9.43. The fourth-order valence-corrected chi connectivity index (χ4v) is 2.34. The molecule has 1 aliphatic rings. The number of anilines is 1. The average Bonchev–Trinajstić information content (AvgIpc) is 2.73. The number of nitrogens with two attached hydrogens (primary N) is 1. The highest BCUT2D eigenvalue weighted by Gasteiger charge is 2.25. The van der Waals surface area contributed by atoms with E-state index in [2.05, 4.69) is 4.84 Å². The molecule has 3 nitrogen and oxygen atoms in total. The van der Waals surface area contributed by atoms with Gasteiger partial charge in [-0.3, -0.25) is 0 Å². The van der Waals surface area contributed by atoms with Crippen LogP contribution >= 0.6 is 11.8 Å². The van der Waals surface area contributed by atoms with Crippen molar-refractivity contribution in [2.45, 2.75) is 19.3 Å². The molecule has 0 aliphatic heterocycles. The number of aliphatic hydroxyl groups is 1. The zero-order valence-electron chi connectivity index (χ0n) is 10.3. The molecule has 96 valence electrons. The summed E-state index contributed by atoms with van der Waals surface area (Å²) in [6.07, 6.45) is 4.80. The third-order valence-corrected chi connectivity index (χ3v) is 3.53.